The molecule has 0 radical (unpaired) electrons. The Morgan fingerprint density at radius 1 is 1.36 bits per heavy atom. The number of phenolic OH excluding ortho intramolecular Hbond substituents is 1. The van der Waals surface area contributed by atoms with Crippen molar-refractivity contribution in [3.05, 3.63) is 40.8 Å². The van der Waals surface area contributed by atoms with Crippen LogP contribution in [0.2, 0.25) is 0 Å². The summed E-state index contributed by atoms with van der Waals surface area (Å²) in [6, 6.07) is 3.28. The van der Waals surface area contributed by atoms with Crippen molar-refractivity contribution in [2.75, 3.05) is 13.2 Å². The Kier molecular flexibility index (Phi) is 7.28. The first-order chi connectivity index (χ1) is 13.3. The van der Waals surface area contributed by atoms with Crippen LogP contribution in [0.5, 0.6) is 11.5 Å². The number of ether oxygens (including phenoxy) is 2. The lowest BCUT2D eigenvalue weighted by atomic mass is 10.1. The average molecular weight is 405 g/mol. The molecule has 1 aliphatic heterocycles. The number of aromatic hydroxyl groups is 1. The monoisotopic (exact) mass is 405 g/mol. The number of amides is 2. The number of hydrogen-bond donors (Lipinski definition) is 1. The molecule has 0 spiro atoms. The van der Waals surface area contributed by atoms with Crippen molar-refractivity contribution in [3.63, 3.8) is 0 Å². The molecule has 0 atom stereocenters. The summed E-state index contributed by atoms with van der Waals surface area (Å²) in [4.78, 5) is 37.5. The highest BCUT2D eigenvalue weighted by molar-refractivity contribution is 8.18. The summed E-state index contributed by atoms with van der Waals surface area (Å²) in [6.45, 7) is 8.76. The van der Waals surface area contributed by atoms with Gasteiger partial charge in [-0.25, -0.2) is 0 Å². The lowest BCUT2D eigenvalue weighted by molar-refractivity contribution is -0.149. The summed E-state index contributed by atoms with van der Waals surface area (Å²) in [5.41, 5.74) is 1.18. The van der Waals surface area contributed by atoms with E-state index in [1.807, 2.05) is 0 Å². The lowest BCUT2D eigenvalue weighted by Crippen LogP contribution is -2.35. The molecule has 1 saturated heterocycles. The van der Waals surface area contributed by atoms with E-state index >= 15 is 0 Å². The number of carbonyl (C=O) groups excluding carboxylic acids is 3. The second-order valence-electron chi connectivity index (χ2n) is 6.26. The third-order valence-corrected chi connectivity index (χ3v) is 4.57. The SMILES string of the molecule is C=CCc1cc(/C=C2/SC(=O)N(CC(=O)OC(C)C)C2=O)cc(OCC)c1O. The molecule has 7 nitrogen and oxygen atoms in total. The summed E-state index contributed by atoms with van der Waals surface area (Å²) < 4.78 is 10.4. The van der Waals surface area contributed by atoms with E-state index in [4.69, 9.17) is 9.47 Å². The fourth-order valence-electron chi connectivity index (χ4n) is 2.57. The molecule has 0 unspecified atom stereocenters. The van der Waals surface area contributed by atoms with Gasteiger partial charge in [-0.3, -0.25) is 19.3 Å². The van der Waals surface area contributed by atoms with E-state index in [1.54, 1.807) is 39.0 Å². The Labute approximate surface area is 168 Å². The Morgan fingerprint density at radius 2 is 2.07 bits per heavy atom. The number of allylic oxidation sites excluding steroid dienone is 1. The Bertz CT molecular complexity index is 830. The molecule has 2 amide bonds. The number of benzene rings is 1. The highest BCUT2D eigenvalue weighted by Gasteiger charge is 2.36. The van der Waals surface area contributed by atoms with Gasteiger partial charge in [0.05, 0.1) is 17.6 Å². The van der Waals surface area contributed by atoms with Gasteiger partial charge >= 0.3 is 5.97 Å². The Balaban J connectivity index is 2.29. The number of nitrogens with zero attached hydrogens (tertiary/aromatic N) is 1. The number of esters is 1. The zero-order valence-electron chi connectivity index (χ0n) is 16.1. The molecule has 1 aliphatic rings. The first kappa shape index (κ1) is 21.6. The second kappa shape index (κ2) is 9.45. The molecule has 1 N–H and O–H groups in total. The van der Waals surface area contributed by atoms with Crippen LogP contribution in [-0.4, -0.2) is 46.4 Å². The number of thioether (sulfide) groups is 1. The lowest BCUT2D eigenvalue weighted by Gasteiger charge is -2.13. The number of rotatable bonds is 8. The third-order valence-electron chi connectivity index (χ3n) is 3.67. The topological polar surface area (TPSA) is 93.1 Å². The molecule has 2 rings (SSSR count). The highest BCUT2D eigenvalue weighted by Crippen LogP contribution is 2.36. The van der Waals surface area contributed by atoms with Gasteiger partial charge in [0.25, 0.3) is 11.1 Å². The van der Waals surface area contributed by atoms with Crippen LogP contribution in [-0.2, 0) is 20.7 Å². The summed E-state index contributed by atoms with van der Waals surface area (Å²) in [5.74, 6) is -0.904. The molecular weight excluding hydrogens is 382 g/mol. The Morgan fingerprint density at radius 3 is 2.68 bits per heavy atom. The van der Waals surface area contributed by atoms with Crippen LogP contribution in [0.25, 0.3) is 6.08 Å². The van der Waals surface area contributed by atoms with Crippen LogP contribution in [0.1, 0.15) is 31.9 Å². The summed E-state index contributed by atoms with van der Waals surface area (Å²) in [5, 5.41) is 9.73. The van der Waals surface area contributed by atoms with E-state index in [0.29, 0.717) is 24.2 Å². The first-order valence-corrected chi connectivity index (χ1v) is 9.62. The maximum absolute atomic E-state index is 12.5. The highest BCUT2D eigenvalue weighted by atomic mass is 32.2. The van der Waals surface area contributed by atoms with Crippen LogP contribution in [0.15, 0.2) is 29.7 Å². The minimum atomic E-state index is -0.643. The predicted molar refractivity (Wildman–Crippen MR) is 107 cm³/mol. The van der Waals surface area contributed by atoms with Gasteiger partial charge in [0.15, 0.2) is 11.5 Å². The van der Waals surface area contributed by atoms with Gasteiger partial charge in [-0.2, -0.15) is 0 Å². The van der Waals surface area contributed by atoms with Gasteiger partial charge in [-0.1, -0.05) is 6.08 Å². The molecule has 0 bridgehead atoms. The molecule has 1 fully saturated rings. The molecular formula is C20H23NO6S. The van der Waals surface area contributed by atoms with Crippen LogP contribution in [0.3, 0.4) is 0 Å². The van der Waals surface area contributed by atoms with Crippen molar-refractivity contribution in [1.29, 1.82) is 0 Å². The van der Waals surface area contributed by atoms with Gasteiger partial charge in [0.2, 0.25) is 0 Å². The van der Waals surface area contributed by atoms with Gasteiger partial charge in [-0.15, -0.1) is 6.58 Å². The molecule has 1 aromatic rings. The van der Waals surface area contributed by atoms with E-state index in [-0.39, 0.29) is 22.5 Å². The van der Waals surface area contributed by atoms with Crippen molar-refractivity contribution in [3.8, 4) is 11.5 Å². The maximum Gasteiger partial charge on any atom is 0.326 e. The van der Waals surface area contributed by atoms with Crippen molar-refractivity contribution in [1.82, 2.24) is 4.90 Å². The van der Waals surface area contributed by atoms with Gasteiger partial charge in [0.1, 0.15) is 6.54 Å². The number of imide groups is 1. The van der Waals surface area contributed by atoms with E-state index < -0.39 is 23.7 Å². The van der Waals surface area contributed by atoms with Crippen molar-refractivity contribution >= 4 is 35.0 Å². The zero-order chi connectivity index (χ0) is 20.8. The van der Waals surface area contributed by atoms with E-state index in [2.05, 4.69) is 6.58 Å². The fraction of sp³-hybridized carbons (Fsp3) is 0.350. The van der Waals surface area contributed by atoms with E-state index in [0.717, 1.165) is 16.7 Å². The third kappa shape index (κ3) is 5.16. The zero-order valence-corrected chi connectivity index (χ0v) is 16.9. The van der Waals surface area contributed by atoms with Crippen LogP contribution >= 0.6 is 11.8 Å². The minimum absolute atomic E-state index is 0.0171. The summed E-state index contributed by atoms with van der Waals surface area (Å²) in [7, 11) is 0. The molecule has 0 aliphatic carbocycles. The van der Waals surface area contributed by atoms with Gasteiger partial charge in [-0.05, 0) is 62.7 Å². The maximum atomic E-state index is 12.5. The smallest absolute Gasteiger partial charge is 0.326 e. The number of phenols is 1. The van der Waals surface area contributed by atoms with Crippen molar-refractivity contribution in [2.24, 2.45) is 0 Å². The fourth-order valence-corrected chi connectivity index (χ4v) is 3.40. The summed E-state index contributed by atoms with van der Waals surface area (Å²) >= 11 is 0.747. The standard InChI is InChI=1S/C20H23NO6S/c1-5-7-14-8-13(9-15(18(14)23)26-6-2)10-16-19(24)21(20(25)28-16)11-17(22)27-12(3)4/h5,8-10,12,23H,1,6-7,11H2,2-4H3/b16-10+. The van der Waals surface area contributed by atoms with Crippen molar-refractivity contribution in [2.45, 2.75) is 33.3 Å². The van der Waals surface area contributed by atoms with E-state index in [1.165, 1.54) is 6.08 Å². The number of carbonyl (C=O) groups is 3. The Hall–Kier alpha value is -2.74. The van der Waals surface area contributed by atoms with Crippen LogP contribution < -0.4 is 4.74 Å². The largest absolute Gasteiger partial charge is 0.504 e. The quantitative estimate of drug-likeness (QED) is 0.402. The van der Waals surface area contributed by atoms with Crippen LogP contribution in [0, 0.1) is 0 Å². The molecule has 0 saturated carbocycles. The molecule has 1 aromatic carbocycles. The normalized spacial score (nSPS) is 15.4. The molecule has 150 valence electrons. The van der Waals surface area contributed by atoms with Gasteiger partial charge < -0.3 is 14.6 Å². The number of hydrogen-bond acceptors (Lipinski definition) is 7. The van der Waals surface area contributed by atoms with Crippen molar-refractivity contribution < 1.29 is 29.0 Å². The molecule has 0 aromatic heterocycles. The second-order valence-corrected chi connectivity index (χ2v) is 7.25. The molecule has 1 heterocycles. The first-order valence-electron chi connectivity index (χ1n) is 8.81. The molecule has 8 heteroatoms. The predicted octanol–water partition coefficient (Wildman–Crippen LogP) is 3.51. The summed E-state index contributed by atoms with van der Waals surface area (Å²) in [6.07, 6.45) is 3.26. The minimum Gasteiger partial charge on any atom is -0.504 e. The van der Waals surface area contributed by atoms with Crippen LogP contribution in [0.4, 0.5) is 4.79 Å². The van der Waals surface area contributed by atoms with Gasteiger partial charge in [0, 0.05) is 5.56 Å². The molecule has 28 heavy (non-hydrogen) atoms. The average Bonchev–Trinajstić information content (AvgIpc) is 2.86. The van der Waals surface area contributed by atoms with E-state index in [9.17, 15) is 19.5 Å².